The Morgan fingerprint density at radius 3 is 1.38 bits per heavy atom. The van der Waals surface area contributed by atoms with Crippen molar-refractivity contribution in [1.29, 1.82) is 0 Å². The van der Waals surface area contributed by atoms with Gasteiger partial charge in [0.2, 0.25) is 5.75 Å². The molecular formula is C56H40O4. The predicted octanol–water partition coefficient (Wildman–Crippen LogP) is 14.7. The second-order valence-corrected chi connectivity index (χ2v) is 15.5. The van der Waals surface area contributed by atoms with Crippen molar-refractivity contribution in [2.45, 2.75) is 13.8 Å². The number of benzene rings is 11. The lowest BCUT2D eigenvalue weighted by atomic mass is 9.84. The first-order valence-electron chi connectivity index (χ1n) is 20.1. The average molecular weight is 777 g/mol. The number of fused-ring (bicyclic) bond motifs is 8. The monoisotopic (exact) mass is 776 g/mol. The molecule has 60 heavy (non-hydrogen) atoms. The van der Waals surface area contributed by atoms with Crippen molar-refractivity contribution in [2.24, 2.45) is 0 Å². The number of aromatic hydroxyl groups is 4. The van der Waals surface area contributed by atoms with Gasteiger partial charge in [0.25, 0.3) is 0 Å². The quantitative estimate of drug-likeness (QED) is 0.0623. The van der Waals surface area contributed by atoms with Gasteiger partial charge in [-0.05, 0) is 119 Å². The van der Waals surface area contributed by atoms with Crippen LogP contribution in [-0.2, 0) is 0 Å². The summed E-state index contributed by atoms with van der Waals surface area (Å²) in [6, 6.07) is 63.4. The molecule has 0 atom stereocenters. The summed E-state index contributed by atoms with van der Waals surface area (Å²) >= 11 is 0. The number of phenols is 4. The van der Waals surface area contributed by atoms with Crippen LogP contribution < -0.4 is 0 Å². The lowest BCUT2D eigenvalue weighted by molar-refractivity contribution is 0.360. The molecule has 0 unspecified atom stereocenters. The summed E-state index contributed by atoms with van der Waals surface area (Å²) in [4.78, 5) is 0. The fourth-order valence-electron chi connectivity index (χ4n) is 8.97. The third-order valence-corrected chi connectivity index (χ3v) is 12.0. The lowest BCUT2D eigenvalue weighted by Crippen LogP contribution is -1.93. The maximum Gasteiger partial charge on any atom is 0.201 e. The Balaban J connectivity index is 0.000000564. The molecule has 0 fully saturated rings. The predicted molar refractivity (Wildman–Crippen MR) is 250 cm³/mol. The van der Waals surface area contributed by atoms with Gasteiger partial charge in [-0.1, -0.05) is 169 Å². The van der Waals surface area contributed by atoms with Gasteiger partial charge in [0.15, 0.2) is 11.5 Å². The van der Waals surface area contributed by atoms with Crippen LogP contribution in [0, 0.1) is 13.8 Å². The molecule has 0 aromatic heterocycles. The number of rotatable bonds is 3. The Morgan fingerprint density at radius 1 is 0.283 bits per heavy atom. The average Bonchev–Trinajstić information content (AvgIpc) is 3.29. The molecule has 0 heterocycles. The standard InChI is InChI=1S/C49H32O4.C7H8/c1-27-46(50)45(48(52)49(53)47(27)51)44-39-16-8-6-14-37(39)43(38-15-7-9-17-40(38)44)32-21-19-29-24-31(20-18-30(29)25-32)41-26-42-33-11-3-2-10-28(33)22-23-36(42)34-12-4-5-13-35(34)41;1-7-5-3-2-4-6-7/h2-26,50-53H,1H3;2-6H,1H3. The van der Waals surface area contributed by atoms with Crippen LogP contribution in [0.15, 0.2) is 182 Å². The normalized spacial score (nSPS) is 11.4. The molecule has 0 aliphatic rings. The fourth-order valence-corrected chi connectivity index (χ4v) is 8.97. The van der Waals surface area contributed by atoms with Crippen LogP contribution in [0.25, 0.3) is 98.0 Å². The molecule has 0 aliphatic heterocycles. The van der Waals surface area contributed by atoms with E-state index in [9.17, 15) is 20.4 Å². The van der Waals surface area contributed by atoms with Crippen molar-refractivity contribution in [2.75, 3.05) is 0 Å². The van der Waals surface area contributed by atoms with E-state index in [-0.39, 0.29) is 16.9 Å². The summed E-state index contributed by atoms with van der Waals surface area (Å²) < 4.78 is 0. The van der Waals surface area contributed by atoms with Crippen LogP contribution in [-0.4, -0.2) is 20.4 Å². The van der Waals surface area contributed by atoms with Crippen LogP contribution in [0.3, 0.4) is 0 Å². The van der Waals surface area contributed by atoms with E-state index in [2.05, 4.69) is 122 Å². The van der Waals surface area contributed by atoms with Gasteiger partial charge in [-0.15, -0.1) is 0 Å². The molecule has 0 saturated carbocycles. The van der Waals surface area contributed by atoms with Gasteiger partial charge in [0.1, 0.15) is 5.75 Å². The molecule has 11 rings (SSSR count). The molecule has 11 aromatic rings. The van der Waals surface area contributed by atoms with Crippen molar-refractivity contribution in [3.63, 3.8) is 0 Å². The molecule has 288 valence electrons. The SMILES string of the molecule is Cc1c(O)c(O)c(O)c(-c2c3ccccc3c(-c3ccc4cc(-c5cc6c7ccccc7ccc6c6ccccc56)ccc4c3)c3ccccc23)c1O.Cc1ccccc1. The molecule has 0 spiro atoms. The van der Waals surface area contributed by atoms with Gasteiger partial charge in [-0.3, -0.25) is 0 Å². The van der Waals surface area contributed by atoms with Crippen LogP contribution in [0.2, 0.25) is 0 Å². The summed E-state index contributed by atoms with van der Waals surface area (Å²) in [6.07, 6.45) is 0. The Kier molecular flexibility index (Phi) is 8.84. The van der Waals surface area contributed by atoms with Gasteiger partial charge >= 0.3 is 0 Å². The van der Waals surface area contributed by atoms with E-state index in [0.29, 0.717) is 5.56 Å². The molecule has 4 nitrogen and oxygen atoms in total. The van der Waals surface area contributed by atoms with Crippen molar-refractivity contribution < 1.29 is 20.4 Å². The molecule has 11 aromatic carbocycles. The van der Waals surface area contributed by atoms with E-state index in [4.69, 9.17) is 0 Å². The first kappa shape index (κ1) is 36.5. The Morgan fingerprint density at radius 2 is 0.767 bits per heavy atom. The topological polar surface area (TPSA) is 80.9 Å². The van der Waals surface area contributed by atoms with Crippen molar-refractivity contribution in [3.8, 4) is 56.4 Å². The third kappa shape index (κ3) is 5.92. The van der Waals surface area contributed by atoms with Crippen LogP contribution >= 0.6 is 0 Å². The van der Waals surface area contributed by atoms with Gasteiger partial charge in [0, 0.05) is 11.1 Å². The highest BCUT2D eigenvalue weighted by atomic mass is 16.3. The number of aryl methyl sites for hydroxylation is 1. The molecule has 4 heteroatoms. The highest BCUT2D eigenvalue weighted by Gasteiger charge is 2.26. The summed E-state index contributed by atoms with van der Waals surface area (Å²) in [6.45, 7) is 3.59. The number of hydrogen-bond donors (Lipinski definition) is 4. The zero-order valence-electron chi connectivity index (χ0n) is 33.1. The van der Waals surface area contributed by atoms with Gasteiger partial charge in [0.05, 0.1) is 5.56 Å². The maximum atomic E-state index is 11.3. The summed E-state index contributed by atoms with van der Waals surface area (Å²) in [7, 11) is 0. The highest BCUT2D eigenvalue weighted by molar-refractivity contribution is 6.24. The Bertz CT molecular complexity index is 3410. The minimum atomic E-state index is -0.661. The molecule has 4 N–H and O–H groups in total. The van der Waals surface area contributed by atoms with Gasteiger partial charge in [-0.2, -0.15) is 0 Å². The molecule has 0 saturated heterocycles. The Labute approximate surface area is 347 Å². The van der Waals surface area contributed by atoms with Gasteiger partial charge in [-0.25, -0.2) is 0 Å². The van der Waals surface area contributed by atoms with E-state index < -0.39 is 17.2 Å². The summed E-state index contributed by atoms with van der Waals surface area (Å²) in [5.74, 6) is -2.06. The smallest absolute Gasteiger partial charge is 0.201 e. The minimum absolute atomic E-state index is 0.0806. The zero-order valence-corrected chi connectivity index (χ0v) is 33.1. The zero-order chi connectivity index (χ0) is 41.1. The number of phenolic OH excluding ortho intramolecular Hbond substituents is 4. The molecule has 0 amide bonds. The second kappa shape index (κ2) is 14.5. The second-order valence-electron chi connectivity index (χ2n) is 15.5. The van der Waals surface area contributed by atoms with Crippen LogP contribution in [0.5, 0.6) is 23.0 Å². The fraction of sp³-hybridized carbons (Fsp3) is 0.0357. The van der Waals surface area contributed by atoms with Crippen LogP contribution in [0.1, 0.15) is 11.1 Å². The van der Waals surface area contributed by atoms with E-state index in [1.165, 1.54) is 50.4 Å². The van der Waals surface area contributed by atoms with Crippen molar-refractivity contribution in [3.05, 3.63) is 193 Å². The Hall–Kier alpha value is -7.82. The van der Waals surface area contributed by atoms with Crippen molar-refractivity contribution in [1.82, 2.24) is 0 Å². The molecule has 0 aliphatic carbocycles. The summed E-state index contributed by atoms with van der Waals surface area (Å²) in [5.41, 5.74) is 6.48. The highest BCUT2D eigenvalue weighted by Crippen LogP contribution is 2.55. The van der Waals surface area contributed by atoms with E-state index in [0.717, 1.165) is 49.0 Å². The van der Waals surface area contributed by atoms with Crippen LogP contribution in [0.4, 0.5) is 0 Å². The summed E-state index contributed by atoms with van der Waals surface area (Å²) in [5, 5.41) is 56.6. The van der Waals surface area contributed by atoms with E-state index in [1.807, 2.05) is 66.7 Å². The van der Waals surface area contributed by atoms with E-state index in [1.54, 1.807) is 0 Å². The largest absolute Gasteiger partial charge is 0.507 e. The van der Waals surface area contributed by atoms with Crippen molar-refractivity contribution >= 4 is 64.6 Å². The maximum absolute atomic E-state index is 11.3. The number of hydrogen-bond acceptors (Lipinski definition) is 4. The third-order valence-electron chi connectivity index (χ3n) is 12.0. The molecule has 0 radical (unpaired) electrons. The molecule has 0 bridgehead atoms. The lowest BCUT2D eigenvalue weighted by Gasteiger charge is -2.20. The molecular weight excluding hydrogens is 737 g/mol. The van der Waals surface area contributed by atoms with Gasteiger partial charge < -0.3 is 20.4 Å². The first-order valence-corrected chi connectivity index (χ1v) is 20.1. The first-order chi connectivity index (χ1) is 29.3. The minimum Gasteiger partial charge on any atom is -0.507 e. The van der Waals surface area contributed by atoms with E-state index >= 15 is 0 Å².